The molecule has 6 heteroatoms. The molecule has 0 heterocycles. The van der Waals surface area contributed by atoms with Crippen molar-refractivity contribution in [3.8, 4) is 0 Å². The van der Waals surface area contributed by atoms with Crippen molar-refractivity contribution in [1.29, 1.82) is 0 Å². The zero-order chi connectivity index (χ0) is 8.62. The van der Waals surface area contributed by atoms with E-state index in [2.05, 4.69) is 22.7 Å². The number of rotatable bonds is 3. The van der Waals surface area contributed by atoms with Gasteiger partial charge in [0.15, 0.2) is 0 Å². The number of hydrogen-bond acceptors (Lipinski definition) is 3. The standard InChI is InChI=1S/C2H7O5P.C2H4/c1-2-6-7-8(3,4)5;1-2/h2H2,1H3,(H2,3,4,5);1-2H2. The van der Waals surface area contributed by atoms with Crippen LogP contribution in [-0.2, 0) is 14.1 Å². The van der Waals surface area contributed by atoms with Gasteiger partial charge in [-0.3, -0.25) is 0 Å². The maximum absolute atomic E-state index is 9.74. The molecule has 0 amide bonds. The quantitative estimate of drug-likeness (QED) is 0.284. The van der Waals surface area contributed by atoms with E-state index in [-0.39, 0.29) is 6.61 Å². The van der Waals surface area contributed by atoms with Gasteiger partial charge in [-0.2, -0.15) is 0 Å². The molecule has 2 N–H and O–H groups in total. The van der Waals surface area contributed by atoms with Gasteiger partial charge in [0, 0.05) is 0 Å². The van der Waals surface area contributed by atoms with Crippen LogP contribution in [0.15, 0.2) is 13.2 Å². The minimum Gasteiger partial charge on any atom is -0.301 e. The van der Waals surface area contributed by atoms with Crippen LogP contribution in [0.25, 0.3) is 0 Å². The molecule has 0 saturated heterocycles. The van der Waals surface area contributed by atoms with Gasteiger partial charge >= 0.3 is 7.82 Å². The average Bonchev–Trinajstić information content (AvgIpc) is 1.87. The van der Waals surface area contributed by atoms with Gasteiger partial charge in [0.05, 0.1) is 6.61 Å². The maximum atomic E-state index is 9.74. The van der Waals surface area contributed by atoms with E-state index in [1.807, 2.05) is 0 Å². The highest BCUT2D eigenvalue weighted by molar-refractivity contribution is 7.46. The van der Waals surface area contributed by atoms with Crippen LogP contribution in [-0.4, -0.2) is 16.4 Å². The molecule has 5 nitrogen and oxygen atoms in total. The Morgan fingerprint density at radius 1 is 1.50 bits per heavy atom. The van der Waals surface area contributed by atoms with Crippen LogP contribution < -0.4 is 0 Å². The summed E-state index contributed by atoms with van der Waals surface area (Å²) < 4.78 is 13.3. The highest BCUT2D eigenvalue weighted by atomic mass is 31.2. The zero-order valence-corrected chi connectivity index (χ0v) is 6.58. The van der Waals surface area contributed by atoms with Crippen LogP contribution in [0.3, 0.4) is 0 Å². The maximum Gasteiger partial charge on any atom is 0.496 e. The summed E-state index contributed by atoms with van der Waals surface area (Å²) in [6.45, 7) is 7.67. The lowest BCUT2D eigenvalue weighted by molar-refractivity contribution is -0.217. The third-order valence-corrected chi connectivity index (χ3v) is 0.567. The van der Waals surface area contributed by atoms with Gasteiger partial charge in [-0.25, -0.2) is 9.45 Å². The lowest BCUT2D eigenvalue weighted by atomic mass is 10.9. The summed E-state index contributed by atoms with van der Waals surface area (Å²) in [5.41, 5.74) is 0. The van der Waals surface area contributed by atoms with E-state index in [0.29, 0.717) is 0 Å². The van der Waals surface area contributed by atoms with Gasteiger partial charge in [-0.15, -0.1) is 17.8 Å². The second-order valence-corrected chi connectivity index (χ2v) is 2.10. The topological polar surface area (TPSA) is 76.0 Å². The van der Waals surface area contributed by atoms with Gasteiger partial charge in [0.1, 0.15) is 0 Å². The Hall–Kier alpha value is -0.190. The van der Waals surface area contributed by atoms with Crippen molar-refractivity contribution in [1.82, 2.24) is 0 Å². The summed E-state index contributed by atoms with van der Waals surface area (Å²) in [6, 6.07) is 0. The number of phosphoric acid groups is 1. The molecule has 0 aliphatic heterocycles. The molecule has 0 rings (SSSR count). The molecule has 0 saturated carbocycles. The van der Waals surface area contributed by atoms with E-state index in [1.165, 1.54) is 0 Å². The summed E-state index contributed by atoms with van der Waals surface area (Å²) >= 11 is 0. The molecule has 0 unspecified atom stereocenters. The van der Waals surface area contributed by atoms with Crippen molar-refractivity contribution >= 4 is 7.82 Å². The van der Waals surface area contributed by atoms with Gasteiger partial charge in [0.25, 0.3) is 0 Å². The van der Waals surface area contributed by atoms with Crippen LogP contribution in [0.2, 0.25) is 0 Å². The summed E-state index contributed by atoms with van der Waals surface area (Å²) in [4.78, 5) is 19.8. The van der Waals surface area contributed by atoms with Crippen LogP contribution >= 0.6 is 7.82 Å². The SMILES string of the molecule is C=C.CCOOP(=O)(O)O. The van der Waals surface area contributed by atoms with E-state index < -0.39 is 7.82 Å². The molecule has 0 aromatic rings. The van der Waals surface area contributed by atoms with Gasteiger partial charge < -0.3 is 9.79 Å². The fraction of sp³-hybridized carbons (Fsp3) is 0.500. The minimum absolute atomic E-state index is 0.116. The van der Waals surface area contributed by atoms with Crippen LogP contribution in [0.1, 0.15) is 6.92 Å². The highest BCUT2D eigenvalue weighted by Gasteiger charge is 2.13. The van der Waals surface area contributed by atoms with Gasteiger partial charge in [0.2, 0.25) is 0 Å². The fourth-order valence-electron chi connectivity index (χ4n) is 0.121. The van der Waals surface area contributed by atoms with Crippen molar-refractivity contribution in [3.63, 3.8) is 0 Å². The van der Waals surface area contributed by atoms with Crippen LogP contribution in [0, 0.1) is 0 Å². The Morgan fingerprint density at radius 2 is 1.90 bits per heavy atom. The lowest BCUT2D eigenvalue weighted by Gasteiger charge is -1.99. The Morgan fingerprint density at radius 3 is 2.00 bits per heavy atom. The van der Waals surface area contributed by atoms with Crippen molar-refractivity contribution in [2.24, 2.45) is 0 Å². The van der Waals surface area contributed by atoms with Crippen molar-refractivity contribution < 1.29 is 23.9 Å². The predicted octanol–water partition coefficient (Wildman–Crippen LogP) is 0.849. The fourth-order valence-corrected chi connectivity index (χ4v) is 0.364. The van der Waals surface area contributed by atoms with E-state index in [1.54, 1.807) is 6.92 Å². The van der Waals surface area contributed by atoms with Gasteiger partial charge in [-0.05, 0) is 6.92 Å². The molecule has 0 atom stereocenters. The van der Waals surface area contributed by atoms with Crippen LogP contribution in [0.4, 0.5) is 0 Å². The first kappa shape index (κ1) is 12.5. The molecule has 10 heavy (non-hydrogen) atoms. The van der Waals surface area contributed by atoms with Crippen molar-refractivity contribution in [2.75, 3.05) is 6.61 Å². The van der Waals surface area contributed by atoms with E-state index in [9.17, 15) is 4.57 Å². The Bertz CT molecular complexity index is 108. The molecular formula is C4H11O5P. The Labute approximate surface area is 59.4 Å². The summed E-state index contributed by atoms with van der Waals surface area (Å²) in [5, 5.41) is 0. The molecule has 0 aromatic carbocycles. The largest absolute Gasteiger partial charge is 0.496 e. The second kappa shape index (κ2) is 6.92. The lowest BCUT2D eigenvalue weighted by Crippen LogP contribution is -1.89. The van der Waals surface area contributed by atoms with E-state index >= 15 is 0 Å². The summed E-state index contributed by atoms with van der Waals surface area (Å²) in [7, 11) is -4.40. The Kier molecular flexibility index (Phi) is 8.64. The highest BCUT2D eigenvalue weighted by Crippen LogP contribution is 2.35. The molecule has 62 valence electrons. The molecule has 0 radical (unpaired) electrons. The third kappa shape index (κ3) is 15.7. The monoisotopic (exact) mass is 170 g/mol. The smallest absolute Gasteiger partial charge is 0.301 e. The third-order valence-electron chi connectivity index (χ3n) is 0.268. The molecule has 0 bridgehead atoms. The normalized spacial score (nSPS) is 9.90. The Balaban J connectivity index is 0. The first-order valence-corrected chi connectivity index (χ1v) is 3.96. The predicted molar refractivity (Wildman–Crippen MR) is 36.0 cm³/mol. The van der Waals surface area contributed by atoms with Crippen molar-refractivity contribution in [2.45, 2.75) is 6.92 Å². The first-order valence-electron chi connectivity index (χ1n) is 2.43. The summed E-state index contributed by atoms with van der Waals surface area (Å²) in [5.74, 6) is 0. The molecule has 0 aromatic heterocycles. The van der Waals surface area contributed by atoms with E-state index in [4.69, 9.17) is 9.79 Å². The van der Waals surface area contributed by atoms with E-state index in [0.717, 1.165) is 0 Å². The molecule has 0 fully saturated rings. The minimum atomic E-state index is -4.40. The molecule has 0 aliphatic rings. The molecule has 0 aliphatic carbocycles. The zero-order valence-electron chi connectivity index (χ0n) is 5.69. The van der Waals surface area contributed by atoms with Crippen molar-refractivity contribution in [3.05, 3.63) is 13.2 Å². The average molecular weight is 170 g/mol. The first-order chi connectivity index (χ1) is 4.56. The van der Waals surface area contributed by atoms with Gasteiger partial charge in [-0.1, -0.05) is 0 Å². The molecule has 0 spiro atoms. The number of hydrogen-bond donors (Lipinski definition) is 2. The summed E-state index contributed by atoms with van der Waals surface area (Å²) in [6.07, 6.45) is 0. The molecular weight excluding hydrogens is 159 g/mol. The second-order valence-electron chi connectivity index (χ2n) is 0.972. The van der Waals surface area contributed by atoms with Crippen LogP contribution in [0.5, 0.6) is 0 Å².